The molecule has 30 heavy (non-hydrogen) atoms. The number of aromatic nitrogens is 5. The van der Waals surface area contributed by atoms with Crippen molar-refractivity contribution in [1.82, 2.24) is 30.1 Å². The van der Waals surface area contributed by atoms with Gasteiger partial charge in [0.05, 0.1) is 11.6 Å². The Kier molecular flexibility index (Phi) is 6.01. The molecule has 0 aliphatic rings. The largest absolute Gasteiger partial charge is 0.280 e. The van der Waals surface area contributed by atoms with Crippen molar-refractivity contribution in [1.29, 1.82) is 0 Å². The third-order valence-electron chi connectivity index (χ3n) is 4.91. The second-order valence-corrected chi connectivity index (χ2v) is 9.31. The van der Waals surface area contributed by atoms with Crippen molar-refractivity contribution in [3.63, 3.8) is 0 Å². The molecule has 1 atom stereocenters. The van der Waals surface area contributed by atoms with Crippen molar-refractivity contribution in [3.05, 3.63) is 94.2 Å². The van der Waals surface area contributed by atoms with Crippen LogP contribution in [-0.4, -0.2) is 30.1 Å². The van der Waals surface area contributed by atoms with Gasteiger partial charge in [0.15, 0.2) is 5.82 Å². The van der Waals surface area contributed by atoms with E-state index in [9.17, 15) is 0 Å². The Morgan fingerprint density at radius 1 is 1.00 bits per heavy atom. The lowest BCUT2D eigenvalue weighted by Gasteiger charge is -2.32. The smallest absolute Gasteiger partial charge is 0.173 e. The molecular formula is C23H26N6S. The van der Waals surface area contributed by atoms with Gasteiger partial charge < -0.3 is 0 Å². The number of thiophene rings is 1. The number of hydrogen-bond acceptors (Lipinski definition) is 6. The minimum Gasteiger partial charge on any atom is -0.280 e. The minimum atomic E-state index is -0.235. The summed E-state index contributed by atoms with van der Waals surface area (Å²) >= 11 is 1.77. The quantitative estimate of drug-likeness (QED) is 0.436. The highest BCUT2D eigenvalue weighted by Gasteiger charge is 2.32. The molecule has 3 aromatic heterocycles. The van der Waals surface area contributed by atoms with E-state index in [1.165, 1.54) is 10.4 Å². The zero-order chi connectivity index (χ0) is 21.0. The van der Waals surface area contributed by atoms with Gasteiger partial charge in [0.2, 0.25) is 0 Å². The van der Waals surface area contributed by atoms with Gasteiger partial charge in [-0.15, -0.1) is 16.4 Å². The third-order valence-corrected chi connectivity index (χ3v) is 5.77. The normalized spacial score (nSPS) is 12.9. The molecule has 3 heterocycles. The van der Waals surface area contributed by atoms with E-state index < -0.39 is 0 Å². The number of nitrogens with zero attached hydrogens (tertiary/aromatic N) is 6. The average Bonchev–Trinajstić information content (AvgIpc) is 3.42. The molecule has 154 valence electrons. The van der Waals surface area contributed by atoms with Crippen molar-refractivity contribution in [3.8, 4) is 0 Å². The Balaban J connectivity index is 1.82. The van der Waals surface area contributed by atoms with Gasteiger partial charge in [0.25, 0.3) is 0 Å². The number of pyridine rings is 1. The van der Waals surface area contributed by atoms with Crippen LogP contribution in [0.3, 0.4) is 0 Å². The van der Waals surface area contributed by atoms with Crippen LogP contribution in [0.25, 0.3) is 0 Å². The van der Waals surface area contributed by atoms with E-state index >= 15 is 0 Å². The Labute approximate surface area is 181 Å². The summed E-state index contributed by atoms with van der Waals surface area (Å²) in [7, 11) is 0. The van der Waals surface area contributed by atoms with E-state index in [2.05, 4.69) is 94.0 Å². The fraction of sp³-hybridized carbons (Fsp3) is 0.304. The van der Waals surface area contributed by atoms with E-state index in [0.29, 0.717) is 0 Å². The lowest BCUT2D eigenvalue weighted by atomic mass is 10.0. The van der Waals surface area contributed by atoms with Crippen LogP contribution < -0.4 is 0 Å². The van der Waals surface area contributed by atoms with Gasteiger partial charge in [-0.05, 0) is 59.8 Å². The van der Waals surface area contributed by atoms with Crippen LogP contribution in [0.4, 0.5) is 0 Å². The van der Waals surface area contributed by atoms with E-state index in [0.717, 1.165) is 24.5 Å². The van der Waals surface area contributed by atoms with E-state index in [1.807, 2.05) is 23.0 Å². The third kappa shape index (κ3) is 4.63. The molecule has 0 N–H and O–H groups in total. The van der Waals surface area contributed by atoms with E-state index in [-0.39, 0.29) is 11.6 Å². The van der Waals surface area contributed by atoms with Gasteiger partial charge in [0, 0.05) is 30.4 Å². The van der Waals surface area contributed by atoms with Gasteiger partial charge >= 0.3 is 0 Å². The SMILES string of the molecule is CC(C)(C)n1nnnc1[C@@H](c1cccnc1)N(Cc1ccccc1)Cc1cccs1. The average molecular weight is 419 g/mol. The second kappa shape index (κ2) is 8.85. The molecule has 0 unspecified atom stereocenters. The predicted molar refractivity (Wildman–Crippen MR) is 119 cm³/mol. The second-order valence-electron chi connectivity index (χ2n) is 8.28. The molecule has 0 bridgehead atoms. The van der Waals surface area contributed by atoms with Crippen LogP contribution in [0.5, 0.6) is 0 Å². The Bertz CT molecular complexity index is 1040. The number of hydrogen-bond donors (Lipinski definition) is 0. The molecule has 0 saturated heterocycles. The van der Waals surface area contributed by atoms with Crippen LogP contribution >= 0.6 is 11.3 Å². The highest BCUT2D eigenvalue weighted by Crippen LogP contribution is 2.32. The highest BCUT2D eigenvalue weighted by molar-refractivity contribution is 7.09. The Morgan fingerprint density at radius 3 is 2.50 bits per heavy atom. The minimum absolute atomic E-state index is 0.129. The van der Waals surface area contributed by atoms with Crippen LogP contribution in [-0.2, 0) is 18.6 Å². The van der Waals surface area contributed by atoms with Crippen LogP contribution in [0.15, 0.2) is 72.4 Å². The highest BCUT2D eigenvalue weighted by atomic mass is 32.1. The molecule has 1 aromatic carbocycles. The summed E-state index contributed by atoms with van der Waals surface area (Å²) < 4.78 is 1.93. The Hall–Kier alpha value is -2.90. The maximum Gasteiger partial charge on any atom is 0.173 e. The zero-order valence-corrected chi connectivity index (χ0v) is 18.3. The van der Waals surface area contributed by atoms with Crippen molar-refractivity contribution in [2.45, 2.75) is 45.4 Å². The zero-order valence-electron chi connectivity index (χ0n) is 17.5. The van der Waals surface area contributed by atoms with Crippen molar-refractivity contribution in [2.24, 2.45) is 0 Å². The molecule has 0 aliphatic heterocycles. The summed E-state index contributed by atoms with van der Waals surface area (Å²) in [5, 5.41) is 15.0. The Morgan fingerprint density at radius 2 is 1.83 bits per heavy atom. The topological polar surface area (TPSA) is 59.7 Å². The molecule has 6 nitrogen and oxygen atoms in total. The molecule has 0 fully saturated rings. The monoisotopic (exact) mass is 418 g/mol. The van der Waals surface area contributed by atoms with Gasteiger partial charge in [-0.2, -0.15) is 0 Å². The van der Waals surface area contributed by atoms with Crippen LogP contribution in [0.2, 0.25) is 0 Å². The molecule has 7 heteroatoms. The first-order valence-electron chi connectivity index (χ1n) is 10.0. The van der Waals surface area contributed by atoms with Crippen LogP contribution in [0, 0.1) is 0 Å². The maximum absolute atomic E-state index is 4.49. The molecule has 4 aromatic rings. The van der Waals surface area contributed by atoms with Gasteiger partial charge in [-0.3, -0.25) is 9.88 Å². The summed E-state index contributed by atoms with van der Waals surface area (Å²) in [5.74, 6) is 0.822. The summed E-state index contributed by atoms with van der Waals surface area (Å²) in [6.45, 7) is 7.92. The standard InChI is InChI=1S/C23H26N6S/c1-23(2,3)29-22(25-26-27-29)21(19-11-7-13-24-15-19)28(17-20-12-8-14-30-20)16-18-9-5-4-6-10-18/h4-15,21H,16-17H2,1-3H3/t21-/m1/s1. The number of rotatable bonds is 7. The molecule has 0 aliphatic carbocycles. The van der Waals surface area contributed by atoms with Crippen molar-refractivity contribution >= 4 is 11.3 Å². The maximum atomic E-state index is 4.49. The van der Waals surface area contributed by atoms with Gasteiger partial charge in [0.1, 0.15) is 0 Å². The number of tetrazole rings is 1. The summed E-state index contributed by atoms with van der Waals surface area (Å²) in [5.41, 5.74) is 2.09. The summed E-state index contributed by atoms with van der Waals surface area (Å²) in [6, 6.07) is 18.7. The predicted octanol–water partition coefficient (Wildman–Crippen LogP) is 4.68. The lowest BCUT2D eigenvalue weighted by molar-refractivity contribution is 0.186. The molecule has 0 radical (unpaired) electrons. The van der Waals surface area contributed by atoms with E-state index in [1.54, 1.807) is 17.5 Å². The van der Waals surface area contributed by atoms with E-state index in [4.69, 9.17) is 0 Å². The first-order chi connectivity index (χ1) is 14.5. The van der Waals surface area contributed by atoms with Gasteiger partial charge in [-0.25, -0.2) is 4.68 Å². The molecular weight excluding hydrogens is 392 g/mol. The van der Waals surface area contributed by atoms with Crippen molar-refractivity contribution < 1.29 is 0 Å². The summed E-state index contributed by atoms with van der Waals surface area (Å²) in [6.07, 6.45) is 3.72. The first-order valence-corrected chi connectivity index (χ1v) is 10.9. The molecule has 0 amide bonds. The number of benzene rings is 1. The fourth-order valence-corrected chi connectivity index (χ4v) is 4.29. The molecule has 0 saturated carbocycles. The lowest BCUT2D eigenvalue weighted by Crippen LogP contribution is -2.34. The van der Waals surface area contributed by atoms with Crippen LogP contribution in [0.1, 0.15) is 48.6 Å². The molecule has 0 spiro atoms. The molecule has 4 rings (SSSR count). The first kappa shape index (κ1) is 20.4. The van der Waals surface area contributed by atoms with Crippen molar-refractivity contribution in [2.75, 3.05) is 0 Å². The summed E-state index contributed by atoms with van der Waals surface area (Å²) in [4.78, 5) is 8.12. The fourth-order valence-electron chi connectivity index (χ4n) is 3.56. The van der Waals surface area contributed by atoms with Gasteiger partial charge in [-0.1, -0.05) is 42.5 Å².